The van der Waals surface area contributed by atoms with E-state index in [1.54, 1.807) is 12.5 Å². The van der Waals surface area contributed by atoms with Crippen LogP contribution in [0.3, 0.4) is 0 Å². The number of nitrogens with zero attached hydrogens (tertiary/aromatic N) is 4. The molecule has 0 aliphatic carbocycles. The molecule has 27 heavy (non-hydrogen) atoms. The van der Waals surface area contributed by atoms with E-state index in [4.69, 9.17) is 4.42 Å². The summed E-state index contributed by atoms with van der Waals surface area (Å²) in [5, 5.41) is 6.52. The zero-order valence-electron chi connectivity index (χ0n) is 15.6. The monoisotopic (exact) mass is 362 g/mol. The molecule has 0 atom stereocenters. The summed E-state index contributed by atoms with van der Waals surface area (Å²) in [5.74, 6) is 2.41. The average Bonchev–Trinajstić information content (AvgIpc) is 3.30. The van der Waals surface area contributed by atoms with E-state index < -0.39 is 0 Å². The maximum atomic E-state index is 5.50. The van der Waals surface area contributed by atoms with Gasteiger partial charge in [-0.05, 0) is 30.3 Å². The molecule has 0 fully saturated rings. The van der Waals surface area contributed by atoms with Crippen molar-refractivity contribution in [3.63, 3.8) is 0 Å². The minimum Gasteiger partial charge on any atom is -0.467 e. The molecule has 7 heteroatoms. The van der Waals surface area contributed by atoms with Gasteiger partial charge in [-0.2, -0.15) is 0 Å². The van der Waals surface area contributed by atoms with Crippen molar-refractivity contribution < 1.29 is 4.42 Å². The summed E-state index contributed by atoms with van der Waals surface area (Å²) in [6, 6.07) is 14.1. The first-order valence-electron chi connectivity index (χ1n) is 8.75. The third-order valence-electron chi connectivity index (χ3n) is 4.39. The van der Waals surface area contributed by atoms with Crippen LogP contribution in [0.25, 0.3) is 11.0 Å². The van der Waals surface area contributed by atoms with Crippen molar-refractivity contribution in [2.24, 2.45) is 0 Å². The van der Waals surface area contributed by atoms with Crippen molar-refractivity contribution in [3.8, 4) is 0 Å². The Morgan fingerprint density at radius 2 is 2.04 bits per heavy atom. The number of fused-ring (bicyclic) bond motifs is 1. The Morgan fingerprint density at radius 1 is 1.15 bits per heavy atom. The van der Waals surface area contributed by atoms with E-state index in [2.05, 4.69) is 42.2 Å². The molecule has 3 heterocycles. The van der Waals surface area contributed by atoms with Gasteiger partial charge in [-0.25, -0.2) is 9.97 Å². The SMILES string of the molecule is CNc1nc2cnc(Nc3cccc(N(C)C)c3)cc2n1Cc1ccco1. The number of imidazole rings is 1. The first-order chi connectivity index (χ1) is 13.1. The summed E-state index contributed by atoms with van der Waals surface area (Å²) in [5.41, 5.74) is 3.93. The average molecular weight is 362 g/mol. The highest BCUT2D eigenvalue weighted by Crippen LogP contribution is 2.25. The number of nitrogens with one attached hydrogen (secondary N) is 2. The van der Waals surface area contributed by atoms with Crippen molar-refractivity contribution in [1.29, 1.82) is 0 Å². The molecule has 0 spiro atoms. The molecular formula is C20H22N6O. The second kappa shape index (κ2) is 7.03. The van der Waals surface area contributed by atoms with Crippen molar-refractivity contribution in [2.45, 2.75) is 6.54 Å². The minimum absolute atomic E-state index is 0.596. The number of pyridine rings is 1. The highest BCUT2D eigenvalue weighted by atomic mass is 16.3. The second-order valence-corrected chi connectivity index (χ2v) is 6.48. The Hall–Kier alpha value is -3.48. The Balaban J connectivity index is 1.69. The van der Waals surface area contributed by atoms with Gasteiger partial charge in [0, 0.05) is 38.6 Å². The number of benzene rings is 1. The zero-order valence-corrected chi connectivity index (χ0v) is 15.6. The molecule has 0 unspecified atom stereocenters. The summed E-state index contributed by atoms with van der Waals surface area (Å²) in [6.07, 6.45) is 3.46. The number of aromatic nitrogens is 3. The first kappa shape index (κ1) is 17.0. The number of hydrogen-bond acceptors (Lipinski definition) is 6. The highest BCUT2D eigenvalue weighted by Gasteiger charge is 2.13. The van der Waals surface area contributed by atoms with Crippen molar-refractivity contribution >= 4 is 34.2 Å². The molecular weight excluding hydrogens is 340 g/mol. The number of hydrogen-bond donors (Lipinski definition) is 2. The van der Waals surface area contributed by atoms with Gasteiger partial charge in [0.2, 0.25) is 5.95 Å². The van der Waals surface area contributed by atoms with Crippen molar-refractivity contribution in [1.82, 2.24) is 14.5 Å². The molecule has 7 nitrogen and oxygen atoms in total. The molecule has 138 valence electrons. The largest absolute Gasteiger partial charge is 0.467 e. The van der Waals surface area contributed by atoms with Gasteiger partial charge in [-0.3, -0.25) is 0 Å². The third-order valence-corrected chi connectivity index (χ3v) is 4.39. The molecule has 0 bridgehead atoms. The van der Waals surface area contributed by atoms with E-state index in [0.29, 0.717) is 6.54 Å². The summed E-state index contributed by atoms with van der Waals surface area (Å²) in [6.45, 7) is 0.596. The minimum atomic E-state index is 0.596. The molecule has 3 aromatic heterocycles. The first-order valence-corrected chi connectivity index (χ1v) is 8.75. The van der Waals surface area contributed by atoms with Crippen molar-refractivity contribution in [2.75, 3.05) is 36.7 Å². The lowest BCUT2D eigenvalue weighted by Gasteiger charge is -2.14. The molecule has 0 saturated heterocycles. The van der Waals surface area contributed by atoms with E-state index in [-0.39, 0.29) is 0 Å². The standard InChI is InChI=1S/C20H22N6O/c1-21-20-24-17-12-22-19(23-14-6-4-7-15(10-14)25(2)3)11-18(17)26(20)13-16-8-5-9-27-16/h4-12H,13H2,1-3H3,(H,21,24)(H,22,23). The summed E-state index contributed by atoms with van der Waals surface area (Å²) < 4.78 is 7.59. The number of rotatable bonds is 6. The number of anilines is 4. The predicted octanol–water partition coefficient (Wildman–Crippen LogP) is 3.92. The Bertz CT molecular complexity index is 1050. The molecule has 4 aromatic rings. The highest BCUT2D eigenvalue weighted by molar-refractivity contribution is 5.81. The van der Waals surface area contributed by atoms with Gasteiger partial charge in [-0.1, -0.05) is 6.07 Å². The van der Waals surface area contributed by atoms with Gasteiger partial charge in [0.1, 0.15) is 17.1 Å². The molecule has 2 N–H and O–H groups in total. The van der Waals surface area contributed by atoms with Crippen LogP contribution in [0, 0.1) is 0 Å². The van der Waals surface area contributed by atoms with E-state index in [9.17, 15) is 0 Å². The van der Waals surface area contributed by atoms with Crippen LogP contribution in [0.5, 0.6) is 0 Å². The quantitative estimate of drug-likeness (QED) is 0.542. The maximum absolute atomic E-state index is 5.50. The third kappa shape index (κ3) is 3.44. The number of furan rings is 1. The summed E-state index contributed by atoms with van der Waals surface area (Å²) in [7, 11) is 5.91. The van der Waals surface area contributed by atoms with Crippen LogP contribution in [0.2, 0.25) is 0 Å². The van der Waals surface area contributed by atoms with Gasteiger partial charge in [-0.15, -0.1) is 0 Å². The second-order valence-electron chi connectivity index (χ2n) is 6.48. The molecule has 1 aromatic carbocycles. The summed E-state index contributed by atoms with van der Waals surface area (Å²) in [4.78, 5) is 11.2. The normalized spacial score (nSPS) is 10.9. The van der Waals surface area contributed by atoms with Crippen LogP contribution in [0.1, 0.15) is 5.76 Å². The van der Waals surface area contributed by atoms with Crippen LogP contribution in [-0.4, -0.2) is 35.7 Å². The Labute approximate surface area is 157 Å². The van der Waals surface area contributed by atoms with E-state index in [0.717, 1.165) is 39.9 Å². The summed E-state index contributed by atoms with van der Waals surface area (Å²) >= 11 is 0. The lowest BCUT2D eigenvalue weighted by atomic mass is 10.2. The van der Waals surface area contributed by atoms with Gasteiger partial charge in [0.15, 0.2) is 0 Å². The predicted molar refractivity (Wildman–Crippen MR) is 109 cm³/mol. The molecule has 0 amide bonds. The van der Waals surface area contributed by atoms with Gasteiger partial charge in [0.25, 0.3) is 0 Å². The van der Waals surface area contributed by atoms with Gasteiger partial charge >= 0.3 is 0 Å². The fraction of sp³-hybridized carbons (Fsp3) is 0.200. The van der Waals surface area contributed by atoms with Gasteiger partial charge < -0.3 is 24.5 Å². The molecule has 4 rings (SSSR count). The lowest BCUT2D eigenvalue weighted by molar-refractivity contribution is 0.497. The van der Waals surface area contributed by atoms with Crippen LogP contribution in [0.4, 0.5) is 23.1 Å². The zero-order chi connectivity index (χ0) is 18.8. The lowest BCUT2D eigenvalue weighted by Crippen LogP contribution is -2.08. The molecule has 0 radical (unpaired) electrons. The fourth-order valence-corrected chi connectivity index (χ4v) is 3.02. The Kier molecular flexibility index (Phi) is 4.42. The van der Waals surface area contributed by atoms with Crippen LogP contribution >= 0.6 is 0 Å². The fourth-order valence-electron chi connectivity index (χ4n) is 3.02. The van der Waals surface area contributed by atoms with Crippen LogP contribution in [0.15, 0.2) is 59.3 Å². The van der Waals surface area contributed by atoms with Crippen LogP contribution in [-0.2, 0) is 6.54 Å². The smallest absolute Gasteiger partial charge is 0.204 e. The van der Waals surface area contributed by atoms with E-state index >= 15 is 0 Å². The molecule has 0 saturated carbocycles. The van der Waals surface area contributed by atoms with Crippen LogP contribution < -0.4 is 15.5 Å². The van der Waals surface area contributed by atoms with E-state index in [1.807, 2.05) is 51.5 Å². The van der Waals surface area contributed by atoms with Gasteiger partial charge in [0.05, 0.1) is 24.5 Å². The Morgan fingerprint density at radius 3 is 2.78 bits per heavy atom. The van der Waals surface area contributed by atoms with E-state index in [1.165, 1.54) is 0 Å². The topological polar surface area (TPSA) is 71.2 Å². The maximum Gasteiger partial charge on any atom is 0.204 e. The molecule has 0 aliphatic rings. The molecule has 0 aliphatic heterocycles. The van der Waals surface area contributed by atoms with Crippen molar-refractivity contribution in [3.05, 3.63) is 60.7 Å².